The summed E-state index contributed by atoms with van der Waals surface area (Å²) < 4.78 is 7.01. The monoisotopic (exact) mass is 283 g/mol. The lowest BCUT2D eigenvalue weighted by Crippen LogP contribution is -2.28. The molecule has 0 radical (unpaired) electrons. The number of aromatic nitrogens is 1. The average Bonchev–Trinajstić information content (AvgIpc) is 2.27. The Labute approximate surface area is 106 Å². The molecule has 1 aromatic heterocycles. The van der Waals surface area contributed by atoms with E-state index in [1.165, 1.54) is 19.3 Å². The van der Waals surface area contributed by atoms with Gasteiger partial charge in [-0.2, -0.15) is 0 Å². The third kappa shape index (κ3) is 2.76. The van der Waals surface area contributed by atoms with Gasteiger partial charge < -0.3 is 4.74 Å². The zero-order valence-electron chi connectivity index (χ0n) is 9.87. The standard InChI is InChI=1S/C13H18BrNO/c1-9-5-3-4-6-12(9)16-13-8-7-11(14)10(2)15-13/h7-9,12H,3-6H2,1-2H3. The Kier molecular flexibility index (Phi) is 3.85. The molecule has 2 unspecified atom stereocenters. The van der Waals surface area contributed by atoms with Crippen LogP contribution in [0.3, 0.4) is 0 Å². The molecule has 1 aliphatic rings. The van der Waals surface area contributed by atoms with Crippen molar-refractivity contribution >= 4 is 15.9 Å². The van der Waals surface area contributed by atoms with Crippen LogP contribution >= 0.6 is 15.9 Å². The van der Waals surface area contributed by atoms with Crippen molar-refractivity contribution in [3.63, 3.8) is 0 Å². The number of hydrogen-bond acceptors (Lipinski definition) is 2. The second-order valence-electron chi connectivity index (χ2n) is 4.63. The van der Waals surface area contributed by atoms with Crippen molar-refractivity contribution in [3.05, 3.63) is 22.3 Å². The number of aryl methyl sites for hydroxylation is 1. The van der Waals surface area contributed by atoms with E-state index in [4.69, 9.17) is 4.74 Å². The summed E-state index contributed by atoms with van der Waals surface area (Å²) in [5.74, 6) is 1.42. The van der Waals surface area contributed by atoms with Gasteiger partial charge in [0.05, 0.1) is 5.69 Å². The van der Waals surface area contributed by atoms with Crippen LogP contribution in [0.2, 0.25) is 0 Å². The molecule has 16 heavy (non-hydrogen) atoms. The molecule has 2 atom stereocenters. The zero-order chi connectivity index (χ0) is 11.5. The Morgan fingerprint density at radius 1 is 1.31 bits per heavy atom. The van der Waals surface area contributed by atoms with Gasteiger partial charge in [0.1, 0.15) is 6.10 Å². The van der Waals surface area contributed by atoms with Gasteiger partial charge in [0, 0.05) is 10.5 Å². The van der Waals surface area contributed by atoms with Crippen LogP contribution in [0.15, 0.2) is 16.6 Å². The number of pyridine rings is 1. The van der Waals surface area contributed by atoms with E-state index in [1.807, 2.05) is 19.1 Å². The molecular weight excluding hydrogens is 266 g/mol. The lowest BCUT2D eigenvalue weighted by Gasteiger charge is -2.28. The van der Waals surface area contributed by atoms with E-state index in [1.54, 1.807) is 0 Å². The molecular formula is C13H18BrNO. The SMILES string of the molecule is Cc1nc(OC2CCCCC2C)ccc1Br. The number of hydrogen-bond donors (Lipinski definition) is 0. The van der Waals surface area contributed by atoms with Gasteiger partial charge in [0.15, 0.2) is 0 Å². The first-order chi connectivity index (χ1) is 7.66. The maximum absolute atomic E-state index is 5.97. The second-order valence-corrected chi connectivity index (χ2v) is 5.49. The number of nitrogens with zero attached hydrogens (tertiary/aromatic N) is 1. The van der Waals surface area contributed by atoms with Crippen molar-refractivity contribution in [1.82, 2.24) is 4.98 Å². The van der Waals surface area contributed by atoms with Gasteiger partial charge in [0.2, 0.25) is 5.88 Å². The minimum atomic E-state index is 0.349. The molecule has 2 nitrogen and oxygen atoms in total. The van der Waals surface area contributed by atoms with E-state index in [0.717, 1.165) is 22.5 Å². The summed E-state index contributed by atoms with van der Waals surface area (Å²) in [6, 6.07) is 3.95. The average molecular weight is 284 g/mol. The smallest absolute Gasteiger partial charge is 0.213 e. The third-order valence-corrected chi connectivity index (χ3v) is 4.14. The molecule has 0 spiro atoms. The summed E-state index contributed by atoms with van der Waals surface area (Å²) in [6.45, 7) is 4.26. The van der Waals surface area contributed by atoms with Crippen LogP contribution in [0.4, 0.5) is 0 Å². The number of halogens is 1. The van der Waals surface area contributed by atoms with Crippen molar-refractivity contribution in [2.75, 3.05) is 0 Å². The van der Waals surface area contributed by atoms with Crippen LogP contribution in [-0.2, 0) is 0 Å². The van der Waals surface area contributed by atoms with Gasteiger partial charge in [-0.3, -0.25) is 0 Å². The second kappa shape index (κ2) is 5.17. The highest BCUT2D eigenvalue weighted by Gasteiger charge is 2.23. The quantitative estimate of drug-likeness (QED) is 0.815. The highest BCUT2D eigenvalue weighted by molar-refractivity contribution is 9.10. The van der Waals surface area contributed by atoms with Crippen molar-refractivity contribution in [1.29, 1.82) is 0 Å². The molecule has 0 bridgehead atoms. The van der Waals surface area contributed by atoms with Crippen LogP contribution in [0.5, 0.6) is 5.88 Å². The zero-order valence-corrected chi connectivity index (χ0v) is 11.5. The fourth-order valence-corrected chi connectivity index (χ4v) is 2.42. The summed E-state index contributed by atoms with van der Waals surface area (Å²) in [7, 11) is 0. The van der Waals surface area contributed by atoms with E-state index < -0.39 is 0 Å². The molecule has 1 heterocycles. The Hall–Kier alpha value is -0.570. The molecule has 2 rings (SSSR count). The van der Waals surface area contributed by atoms with E-state index in [2.05, 4.69) is 27.8 Å². The van der Waals surface area contributed by atoms with Gasteiger partial charge in [-0.25, -0.2) is 4.98 Å². The summed E-state index contributed by atoms with van der Waals surface area (Å²) in [6.07, 6.45) is 5.41. The Morgan fingerprint density at radius 3 is 2.75 bits per heavy atom. The largest absolute Gasteiger partial charge is 0.474 e. The lowest BCUT2D eigenvalue weighted by atomic mass is 9.88. The van der Waals surface area contributed by atoms with E-state index in [0.29, 0.717) is 12.0 Å². The molecule has 88 valence electrons. The van der Waals surface area contributed by atoms with Gasteiger partial charge in [-0.15, -0.1) is 0 Å². The van der Waals surface area contributed by atoms with Crippen molar-refractivity contribution < 1.29 is 4.74 Å². The Morgan fingerprint density at radius 2 is 2.06 bits per heavy atom. The predicted octanol–water partition coefficient (Wildman–Crippen LogP) is 4.11. The highest BCUT2D eigenvalue weighted by Crippen LogP contribution is 2.28. The minimum Gasteiger partial charge on any atom is -0.474 e. The Balaban J connectivity index is 2.05. The van der Waals surface area contributed by atoms with E-state index in [9.17, 15) is 0 Å². The molecule has 1 fully saturated rings. The molecule has 1 aliphatic carbocycles. The maximum atomic E-state index is 5.97. The fourth-order valence-electron chi connectivity index (χ4n) is 2.20. The van der Waals surface area contributed by atoms with E-state index >= 15 is 0 Å². The molecule has 0 amide bonds. The first kappa shape index (κ1) is 11.9. The van der Waals surface area contributed by atoms with Crippen LogP contribution in [-0.4, -0.2) is 11.1 Å². The van der Waals surface area contributed by atoms with Crippen molar-refractivity contribution in [3.8, 4) is 5.88 Å². The van der Waals surface area contributed by atoms with Crippen molar-refractivity contribution in [2.24, 2.45) is 5.92 Å². The number of rotatable bonds is 2. The number of ether oxygens (including phenoxy) is 1. The molecule has 3 heteroatoms. The van der Waals surface area contributed by atoms with E-state index in [-0.39, 0.29) is 0 Å². The summed E-state index contributed by atoms with van der Waals surface area (Å²) in [5.41, 5.74) is 0.987. The first-order valence-corrected chi connectivity index (χ1v) is 6.76. The van der Waals surface area contributed by atoms with Crippen LogP contribution < -0.4 is 4.74 Å². The summed E-state index contributed by atoms with van der Waals surface area (Å²) in [4.78, 5) is 4.43. The molecule has 0 aromatic carbocycles. The van der Waals surface area contributed by atoms with Gasteiger partial charge in [-0.1, -0.05) is 13.3 Å². The summed E-state index contributed by atoms with van der Waals surface area (Å²) in [5, 5.41) is 0. The predicted molar refractivity (Wildman–Crippen MR) is 68.7 cm³/mol. The lowest BCUT2D eigenvalue weighted by molar-refractivity contribution is 0.0974. The maximum Gasteiger partial charge on any atom is 0.213 e. The van der Waals surface area contributed by atoms with Crippen molar-refractivity contribution in [2.45, 2.75) is 45.6 Å². The third-order valence-electron chi connectivity index (χ3n) is 3.30. The van der Waals surface area contributed by atoms with Gasteiger partial charge in [-0.05, 0) is 54.1 Å². The molecule has 0 aliphatic heterocycles. The van der Waals surface area contributed by atoms with Gasteiger partial charge in [0.25, 0.3) is 0 Å². The first-order valence-electron chi connectivity index (χ1n) is 5.96. The van der Waals surface area contributed by atoms with Crippen LogP contribution in [0.25, 0.3) is 0 Å². The highest BCUT2D eigenvalue weighted by atomic mass is 79.9. The summed E-state index contributed by atoms with van der Waals surface area (Å²) >= 11 is 3.45. The fraction of sp³-hybridized carbons (Fsp3) is 0.615. The molecule has 0 N–H and O–H groups in total. The van der Waals surface area contributed by atoms with Gasteiger partial charge >= 0.3 is 0 Å². The normalized spacial score (nSPS) is 25.4. The topological polar surface area (TPSA) is 22.1 Å². The van der Waals surface area contributed by atoms with Crippen LogP contribution in [0.1, 0.15) is 38.3 Å². The van der Waals surface area contributed by atoms with Crippen LogP contribution in [0, 0.1) is 12.8 Å². The molecule has 1 aromatic rings. The Bertz CT molecular complexity index is 367. The minimum absolute atomic E-state index is 0.349. The molecule has 1 saturated carbocycles. The molecule has 0 saturated heterocycles.